The maximum Gasteiger partial charge on any atom is 0.123 e. The third-order valence-electron chi connectivity index (χ3n) is 3.85. The highest BCUT2D eigenvalue weighted by Crippen LogP contribution is 2.48. The molecule has 1 atom stereocenters. The van der Waals surface area contributed by atoms with Crippen LogP contribution in [0.1, 0.15) is 38.7 Å². The van der Waals surface area contributed by atoms with Crippen LogP contribution in [0.25, 0.3) is 0 Å². The van der Waals surface area contributed by atoms with Crippen LogP contribution in [-0.2, 0) is 6.42 Å². The molecule has 1 saturated carbocycles. The predicted octanol–water partition coefficient (Wildman–Crippen LogP) is 3.54. The topological polar surface area (TPSA) is 12.0 Å². The average Bonchev–Trinajstić information content (AvgIpc) is 3.04. The van der Waals surface area contributed by atoms with Crippen LogP contribution < -0.4 is 5.32 Å². The molecule has 1 fully saturated rings. The molecule has 1 unspecified atom stereocenters. The van der Waals surface area contributed by atoms with Crippen LogP contribution in [0.3, 0.4) is 0 Å². The van der Waals surface area contributed by atoms with Gasteiger partial charge in [-0.25, -0.2) is 4.39 Å². The zero-order valence-corrected chi connectivity index (χ0v) is 10.8. The molecule has 17 heavy (non-hydrogen) atoms. The summed E-state index contributed by atoms with van der Waals surface area (Å²) in [5.41, 5.74) is 1.54. The zero-order chi connectivity index (χ0) is 12.3. The molecule has 0 radical (unpaired) electrons. The molecule has 0 amide bonds. The summed E-state index contributed by atoms with van der Waals surface area (Å²) < 4.78 is 13.2. The van der Waals surface area contributed by atoms with Crippen molar-refractivity contribution < 1.29 is 4.39 Å². The van der Waals surface area contributed by atoms with Gasteiger partial charge in [0.1, 0.15) is 5.82 Å². The van der Waals surface area contributed by atoms with E-state index in [1.165, 1.54) is 18.9 Å². The number of hydrogen-bond donors (Lipinski definition) is 1. The van der Waals surface area contributed by atoms with E-state index in [0.717, 1.165) is 24.9 Å². The zero-order valence-electron chi connectivity index (χ0n) is 10.8. The molecule has 2 rings (SSSR count). The van der Waals surface area contributed by atoms with Gasteiger partial charge in [-0.05, 0) is 55.3 Å². The van der Waals surface area contributed by atoms with E-state index in [4.69, 9.17) is 0 Å². The van der Waals surface area contributed by atoms with Gasteiger partial charge in [-0.1, -0.05) is 26.0 Å². The Bertz CT molecular complexity index is 371. The number of benzene rings is 1. The number of hydrogen-bond acceptors (Lipinski definition) is 1. The molecule has 1 aromatic rings. The molecule has 0 bridgehead atoms. The second-order valence-electron chi connectivity index (χ2n) is 5.49. The van der Waals surface area contributed by atoms with Gasteiger partial charge in [0, 0.05) is 6.04 Å². The van der Waals surface area contributed by atoms with Crippen molar-refractivity contribution in [3.8, 4) is 0 Å². The smallest absolute Gasteiger partial charge is 0.123 e. The Morgan fingerprint density at radius 2 is 2.18 bits per heavy atom. The van der Waals surface area contributed by atoms with Crippen molar-refractivity contribution in [2.45, 2.75) is 45.6 Å². The van der Waals surface area contributed by atoms with E-state index in [1.807, 2.05) is 6.07 Å². The van der Waals surface area contributed by atoms with Gasteiger partial charge in [0.25, 0.3) is 0 Å². The minimum Gasteiger partial charge on any atom is -0.313 e. The lowest BCUT2D eigenvalue weighted by atomic mass is 9.92. The summed E-state index contributed by atoms with van der Waals surface area (Å²) in [7, 11) is 0. The van der Waals surface area contributed by atoms with Crippen molar-refractivity contribution in [3.05, 3.63) is 35.6 Å². The summed E-state index contributed by atoms with van der Waals surface area (Å²) in [5, 5.41) is 3.62. The Morgan fingerprint density at radius 1 is 1.41 bits per heavy atom. The minimum atomic E-state index is -0.127. The van der Waals surface area contributed by atoms with Crippen LogP contribution in [0.5, 0.6) is 0 Å². The fourth-order valence-corrected chi connectivity index (χ4v) is 2.33. The first kappa shape index (κ1) is 12.6. The second kappa shape index (κ2) is 5.18. The Hall–Kier alpha value is -0.890. The third kappa shape index (κ3) is 3.29. The predicted molar refractivity (Wildman–Crippen MR) is 69.5 cm³/mol. The third-order valence-corrected chi connectivity index (χ3v) is 3.85. The van der Waals surface area contributed by atoms with Gasteiger partial charge >= 0.3 is 0 Å². The highest BCUT2D eigenvalue weighted by Gasteiger charge is 2.44. The van der Waals surface area contributed by atoms with E-state index >= 15 is 0 Å². The van der Waals surface area contributed by atoms with Crippen LogP contribution in [0.2, 0.25) is 0 Å². The van der Waals surface area contributed by atoms with Crippen molar-refractivity contribution in [1.29, 1.82) is 0 Å². The van der Waals surface area contributed by atoms with E-state index in [1.54, 1.807) is 12.1 Å². The summed E-state index contributed by atoms with van der Waals surface area (Å²) in [6.07, 6.45) is 4.68. The molecule has 0 spiro atoms. The molecule has 0 aliphatic heterocycles. The lowest BCUT2D eigenvalue weighted by Gasteiger charge is -2.25. The van der Waals surface area contributed by atoms with Gasteiger partial charge in [-0.2, -0.15) is 0 Å². The van der Waals surface area contributed by atoms with Crippen molar-refractivity contribution in [2.75, 3.05) is 6.54 Å². The number of halogens is 1. The molecule has 1 nitrogen and oxygen atoms in total. The quantitative estimate of drug-likeness (QED) is 0.795. The van der Waals surface area contributed by atoms with E-state index in [2.05, 4.69) is 19.2 Å². The van der Waals surface area contributed by atoms with Crippen LogP contribution in [0, 0.1) is 11.2 Å². The van der Waals surface area contributed by atoms with Gasteiger partial charge in [0.15, 0.2) is 0 Å². The largest absolute Gasteiger partial charge is 0.313 e. The van der Waals surface area contributed by atoms with Crippen LogP contribution in [-0.4, -0.2) is 12.6 Å². The number of nitrogens with one attached hydrogen (secondary N) is 1. The van der Waals surface area contributed by atoms with Gasteiger partial charge in [0.05, 0.1) is 0 Å². The van der Waals surface area contributed by atoms with Gasteiger partial charge < -0.3 is 5.32 Å². The molecule has 1 N–H and O–H groups in total. The first-order valence-electron chi connectivity index (χ1n) is 6.62. The Kier molecular flexibility index (Phi) is 3.82. The molecule has 0 saturated heterocycles. The molecule has 1 aliphatic carbocycles. The van der Waals surface area contributed by atoms with Gasteiger partial charge in [-0.3, -0.25) is 0 Å². The summed E-state index contributed by atoms with van der Waals surface area (Å²) in [5.74, 6) is -0.127. The lowest BCUT2D eigenvalue weighted by molar-refractivity contribution is 0.354. The first-order valence-corrected chi connectivity index (χ1v) is 6.62. The monoisotopic (exact) mass is 235 g/mol. The summed E-state index contributed by atoms with van der Waals surface area (Å²) >= 11 is 0. The maximum atomic E-state index is 13.2. The van der Waals surface area contributed by atoms with Crippen molar-refractivity contribution in [1.82, 2.24) is 5.32 Å². The second-order valence-corrected chi connectivity index (χ2v) is 5.49. The highest BCUT2D eigenvalue weighted by molar-refractivity contribution is 5.19. The van der Waals surface area contributed by atoms with Crippen LogP contribution in [0.15, 0.2) is 24.3 Å². The van der Waals surface area contributed by atoms with Crippen LogP contribution in [0.4, 0.5) is 4.39 Å². The van der Waals surface area contributed by atoms with Crippen molar-refractivity contribution in [3.63, 3.8) is 0 Å². The Labute approximate surface area is 103 Å². The fraction of sp³-hybridized carbons (Fsp3) is 0.600. The van der Waals surface area contributed by atoms with E-state index in [9.17, 15) is 4.39 Å². The lowest BCUT2D eigenvalue weighted by Crippen LogP contribution is -2.38. The molecule has 1 aliphatic rings. The summed E-state index contributed by atoms with van der Waals surface area (Å²) in [4.78, 5) is 0. The Morgan fingerprint density at radius 3 is 2.76 bits per heavy atom. The van der Waals surface area contributed by atoms with Gasteiger partial charge in [-0.15, -0.1) is 0 Å². The molecule has 0 aromatic heterocycles. The molecule has 2 heteroatoms. The van der Waals surface area contributed by atoms with Crippen molar-refractivity contribution in [2.24, 2.45) is 5.41 Å². The maximum absolute atomic E-state index is 13.2. The molecule has 0 heterocycles. The molecular weight excluding hydrogens is 213 g/mol. The Balaban J connectivity index is 2.02. The van der Waals surface area contributed by atoms with E-state index in [-0.39, 0.29) is 5.82 Å². The molecule has 1 aromatic carbocycles. The van der Waals surface area contributed by atoms with Crippen LogP contribution >= 0.6 is 0 Å². The summed E-state index contributed by atoms with van der Waals surface area (Å²) in [6, 6.07) is 7.49. The van der Waals surface area contributed by atoms with E-state index < -0.39 is 0 Å². The SMILES string of the molecule is CCCNC(Cc1cccc(F)c1)C1(C)CC1. The fourth-order valence-electron chi connectivity index (χ4n) is 2.33. The highest BCUT2D eigenvalue weighted by atomic mass is 19.1. The molecule has 94 valence electrons. The first-order chi connectivity index (χ1) is 8.14. The summed E-state index contributed by atoms with van der Waals surface area (Å²) in [6.45, 7) is 5.57. The van der Waals surface area contributed by atoms with Gasteiger partial charge in [0.2, 0.25) is 0 Å². The van der Waals surface area contributed by atoms with E-state index in [0.29, 0.717) is 11.5 Å². The minimum absolute atomic E-state index is 0.127. The van der Waals surface area contributed by atoms with Crippen molar-refractivity contribution >= 4 is 0 Å². The average molecular weight is 235 g/mol. The standard InChI is InChI=1S/C15H22FN/c1-3-9-17-14(15(2)7-8-15)11-12-5-4-6-13(16)10-12/h4-6,10,14,17H,3,7-9,11H2,1-2H3. The number of rotatable bonds is 6. The normalized spacial score (nSPS) is 19.0. The molecular formula is C15H22FN.